The third kappa shape index (κ3) is 12.3. The van der Waals surface area contributed by atoms with Crippen LogP contribution in [0.15, 0.2) is 189 Å². The molecule has 1 fully saturated rings. The van der Waals surface area contributed by atoms with Gasteiger partial charge in [0.15, 0.2) is 16.9 Å². The number of amides is 3. The van der Waals surface area contributed by atoms with E-state index >= 15 is 0 Å². The molecule has 0 radical (unpaired) electrons. The number of aliphatic imine (C=N–C) groups is 1. The van der Waals surface area contributed by atoms with E-state index in [1.54, 1.807) is 38.5 Å². The summed E-state index contributed by atoms with van der Waals surface area (Å²) >= 11 is 3.57. The lowest BCUT2D eigenvalue weighted by molar-refractivity contribution is -0.154. The summed E-state index contributed by atoms with van der Waals surface area (Å²) in [5, 5.41) is 20.5. The fourth-order valence-corrected chi connectivity index (χ4v) is 10.9. The molecule has 2 aliphatic rings. The lowest BCUT2D eigenvalue weighted by Gasteiger charge is -2.49. The summed E-state index contributed by atoms with van der Waals surface area (Å²) in [4.78, 5) is 74.6. The number of β-lactam (4-membered cyclic amide) rings is 1. The van der Waals surface area contributed by atoms with Crippen molar-refractivity contribution in [2.24, 2.45) is 15.9 Å². The minimum atomic E-state index is -1.40. The summed E-state index contributed by atoms with van der Waals surface area (Å²) < 4.78 is 11.8. The van der Waals surface area contributed by atoms with Gasteiger partial charge in [0.05, 0.1) is 0 Å². The number of hydrogen-bond donors (Lipinski definition) is 4. The first-order chi connectivity index (χ1) is 35.2. The highest BCUT2D eigenvalue weighted by atomic mass is 32.2. The molecule has 2 atom stereocenters. The van der Waals surface area contributed by atoms with Crippen molar-refractivity contribution in [1.82, 2.24) is 15.2 Å². The van der Waals surface area contributed by atoms with Gasteiger partial charge in [-0.15, -0.1) is 23.1 Å². The molecule has 0 aliphatic carbocycles. The number of thiazole rings is 1. The van der Waals surface area contributed by atoms with Crippen LogP contribution in [0.2, 0.25) is 0 Å². The molecule has 0 spiro atoms. The first kappa shape index (κ1) is 51.6. The minimum absolute atomic E-state index is 0.0194. The molecular weight excluding hydrogens is 981 g/mol. The molecule has 1 saturated heterocycles. The average Bonchev–Trinajstić information content (AvgIpc) is 3.85. The third-order valence-corrected chi connectivity index (χ3v) is 14.3. The first-order valence-electron chi connectivity index (χ1n) is 23.1. The number of fused-ring (bicyclic) bond motifs is 1. The van der Waals surface area contributed by atoms with Crippen molar-refractivity contribution in [2.45, 2.75) is 62.8 Å². The fraction of sp³-hybridized carbons (Fsp3) is 0.200. The number of aromatic nitrogens is 1. The molecule has 0 saturated carbocycles. The summed E-state index contributed by atoms with van der Waals surface area (Å²) in [6.07, 6.45) is 0.106. The average molecular weight is 1030 g/mol. The first-order valence-corrected chi connectivity index (χ1v) is 25.9. The number of nitrogens with one attached hydrogen (secondary N) is 3. The molecule has 6 aromatic rings. The predicted molar refractivity (Wildman–Crippen MR) is 288 cm³/mol. The summed E-state index contributed by atoms with van der Waals surface area (Å²) in [6, 6.07) is 45.9. The number of anilines is 1. The highest BCUT2D eigenvalue weighted by Gasteiger charge is 2.55. The zero-order chi connectivity index (χ0) is 51.5. The SMILES string of the molecule is CC(=N)CC(N)=N/C=C/SC1=C(C(=O)OC(c2ccccc2)c2ccccc2)N2C(=O)C(NC(=O)/C(=N\OC(c3ccccc3)(c3ccccc3)c3ccccc3)c3csc(NC(=O)OC(C)(C)C)n3)[C@H]2SC1. The number of nitrogens with zero attached hydrogens (tertiary/aromatic N) is 4. The second kappa shape index (κ2) is 23.2. The molecule has 73 heavy (non-hydrogen) atoms. The fourth-order valence-electron chi connectivity index (χ4n) is 8.01. The van der Waals surface area contributed by atoms with Gasteiger partial charge in [0, 0.05) is 51.1 Å². The Morgan fingerprint density at radius 2 is 1.40 bits per heavy atom. The smallest absolute Gasteiger partial charge is 0.413 e. The van der Waals surface area contributed by atoms with Crippen molar-refractivity contribution >= 4 is 81.1 Å². The number of thioether (sulfide) groups is 2. The Morgan fingerprint density at radius 3 is 1.92 bits per heavy atom. The van der Waals surface area contributed by atoms with Crippen LogP contribution in [0.5, 0.6) is 0 Å². The molecule has 5 N–H and O–H groups in total. The maximum absolute atomic E-state index is 14.9. The van der Waals surface area contributed by atoms with E-state index in [-0.39, 0.29) is 40.2 Å². The summed E-state index contributed by atoms with van der Waals surface area (Å²) in [6.45, 7) is 6.84. The molecule has 1 unspecified atom stereocenters. The van der Waals surface area contributed by atoms with Crippen LogP contribution in [0.1, 0.15) is 73.7 Å². The number of hydrogen-bond acceptors (Lipinski definition) is 14. The Labute approximate surface area is 435 Å². The molecule has 5 aromatic carbocycles. The van der Waals surface area contributed by atoms with Crippen LogP contribution in [0.4, 0.5) is 9.93 Å². The van der Waals surface area contributed by atoms with Crippen LogP contribution in [-0.2, 0) is 34.3 Å². The van der Waals surface area contributed by atoms with Crippen LogP contribution < -0.4 is 16.4 Å². The van der Waals surface area contributed by atoms with E-state index in [0.29, 0.717) is 27.3 Å². The van der Waals surface area contributed by atoms with Gasteiger partial charge in [-0.2, -0.15) is 0 Å². The highest BCUT2D eigenvalue weighted by Crippen LogP contribution is 2.45. The maximum atomic E-state index is 14.9. The van der Waals surface area contributed by atoms with Gasteiger partial charge in [-0.25, -0.2) is 19.6 Å². The van der Waals surface area contributed by atoms with Gasteiger partial charge in [-0.3, -0.25) is 19.8 Å². The van der Waals surface area contributed by atoms with Gasteiger partial charge in [0.1, 0.15) is 34.2 Å². The number of benzene rings is 5. The number of oxime groups is 1. The van der Waals surface area contributed by atoms with Gasteiger partial charge in [0.2, 0.25) is 5.60 Å². The molecule has 18 heteroatoms. The quantitative estimate of drug-likeness (QED) is 0.0159. The van der Waals surface area contributed by atoms with Crippen molar-refractivity contribution in [2.75, 3.05) is 11.1 Å². The second-order valence-corrected chi connectivity index (χ2v) is 20.7. The molecule has 372 valence electrons. The number of esters is 1. The molecule has 3 amide bonds. The monoisotopic (exact) mass is 1030 g/mol. The number of nitrogens with two attached hydrogens (primary N) is 1. The molecule has 0 bridgehead atoms. The Morgan fingerprint density at radius 1 is 0.863 bits per heavy atom. The van der Waals surface area contributed by atoms with Crippen LogP contribution >= 0.6 is 34.9 Å². The van der Waals surface area contributed by atoms with Crippen LogP contribution in [0, 0.1) is 5.41 Å². The molecule has 1 aromatic heterocycles. The van der Waals surface area contributed by atoms with E-state index < -0.39 is 52.6 Å². The lowest BCUT2D eigenvalue weighted by Crippen LogP contribution is -2.71. The topological polar surface area (TPSA) is 211 Å². The molecule has 2 aliphatic heterocycles. The van der Waals surface area contributed by atoms with Crippen molar-refractivity contribution in [3.63, 3.8) is 0 Å². The number of rotatable bonds is 18. The van der Waals surface area contributed by atoms with Gasteiger partial charge in [0.25, 0.3) is 11.8 Å². The Hall–Kier alpha value is -7.80. The number of ether oxygens (including phenoxy) is 2. The third-order valence-electron chi connectivity index (χ3n) is 11.2. The second-order valence-electron chi connectivity index (χ2n) is 17.7. The van der Waals surface area contributed by atoms with Crippen molar-refractivity contribution in [3.8, 4) is 0 Å². The van der Waals surface area contributed by atoms with E-state index in [0.717, 1.165) is 22.5 Å². The van der Waals surface area contributed by atoms with E-state index in [2.05, 4.69) is 25.8 Å². The van der Waals surface area contributed by atoms with E-state index in [1.165, 1.54) is 34.6 Å². The maximum Gasteiger partial charge on any atom is 0.413 e. The zero-order valence-corrected chi connectivity index (χ0v) is 42.7. The molecule has 15 nitrogen and oxygen atoms in total. The molecule has 8 rings (SSSR count). The number of carbonyl (C=O) groups excluding carboxylic acids is 4. The van der Waals surface area contributed by atoms with Crippen molar-refractivity contribution in [1.29, 1.82) is 5.41 Å². The van der Waals surface area contributed by atoms with Gasteiger partial charge < -0.3 is 30.8 Å². The van der Waals surface area contributed by atoms with Gasteiger partial charge in [-0.1, -0.05) is 169 Å². The Kier molecular flexibility index (Phi) is 16.4. The van der Waals surface area contributed by atoms with Crippen LogP contribution in [0.3, 0.4) is 0 Å². The number of amidine groups is 1. The number of carbonyl (C=O) groups is 4. The van der Waals surface area contributed by atoms with Crippen LogP contribution in [0.25, 0.3) is 0 Å². The lowest BCUT2D eigenvalue weighted by atomic mass is 9.80. The van der Waals surface area contributed by atoms with Crippen LogP contribution in [-0.4, -0.2) is 73.8 Å². The predicted octanol–water partition coefficient (Wildman–Crippen LogP) is 10.1. The molecular formula is C55H52N8O7S3. The van der Waals surface area contributed by atoms with Crippen molar-refractivity contribution in [3.05, 3.63) is 213 Å². The van der Waals surface area contributed by atoms with Gasteiger partial charge in [-0.05, 0) is 44.2 Å². The van der Waals surface area contributed by atoms with E-state index in [4.69, 9.17) is 25.5 Å². The van der Waals surface area contributed by atoms with E-state index in [1.807, 2.05) is 152 Å². The normalized spacial score (nSPS) is 16.1. The molecule has 3 heterocycles. The minimum Gasteiger partial charge on any atom is -0.448 e. The Bertz CT molecular complexity index is 2940. The van der Waals surface area contributed by atoms with Crippen molar-refractivity contribution < 1.29 is 33.5 Å². The highest BCUT2D eigenvalue weighted by molar-refractivity contribution is 8.08. The van der Waals surface area contributed by atoms with E-state index in [9.17, 15) is 19.2 Å². The summed E-state index contributed by atoms with van der Waals surface area (Å²) in [5.74, 6) is -1.63. The largest absolute Gasteiger partial charge is 0.448 e. The standard InChI is InChI=1S/C55H52N8O7S3/c1-35(56)32-43(57)58-30-31-71-42-34-72-50-45(49(65)63(50)46(42)51(66)68-47(36-20-10-5-11-21-36)37-22-12-6-13-23-37)60-48(64)44(41-33-73-52(59-41)61-53(67)69-54(2,3)4)62-70-55(38-24-14-7-15-25-38,39-26-16-8-17-27-39)40-28-18-9-19-29-40/h5-31,33,45,47,50,56H,32,34H2,1-4H3,(H2,57,58)(H,60,64)(H,59,61,67)/b31-30+,56-35?,62-44-/t45?,50-/m1/s1. The summed E-state index contributed by atoms with van der Waals surface area (Å²) in [5.41, 5.74) is 7.49. The van der Waals surface area contributed by atoms with Gasteiger partial charge >= 0.3 is 12.1 Å². The Balaban J connectivity index is 1.15. The summed E-state index contributed by atoms with van der Waals surface area (Å²) in [7, 11) is 0. The zero-order valence-electron chi connectivity index (χ0n) is 40.3.